The standard InChI is InChI=1S/C18H18F3N5/c19-13-6-12(7-14(20)16(13)21)25-18-15-11(8-22-17(15)23-10-24-18)9-26-4-2-1-3-5-26/h6-8,10H,1-5,9H2,(H2,22,23,24,25). The minimum atomic E-state index is -1.49. The molecule has 3 heterocycles. The normalized spacial score (nSPS) is 15.5. The van der Waals surface area contributed by atoms with Crippen LogP contribution in [0.5, 0.6) is 0 Å². The molecular formula is C18H18F3N5. The maximum Gasteiger partial charge on any atom is 0.194 e. The fourth-order valence-electron chi connectivity index (χ4n) is 3.37. The van der Waals surface area contributed by atoms with E-state index in [1.54, 1.807) is 0 Å². The van der Waals surface area contributed by atoms with Crippen molar-refractivity contribution in [2.75, 3.05) is 18.4 Å². The van der Waals surface area contributed by atoms with Gasteiger partial charge in [0.05, 0.1) is 5.39 Å². The Morgan fingerprint density at radius 3 is 2.50 bits per heavy atom. The molecule has 2 N–H and O–H groups in total. The van der Waals surface area contributed by atoms with Crippen molar-refractivity contribution in [3.63, 3.8) is 0 Å². The Balaban J connectivity index is 1.67. The topological polar surface area (TPSA) is 56.8 Å². The van der Waals surface area contributed by atoms with Gasteiger partial charge in [-0.25, -0.2) is 23.1 Å². The van der Waals surface area contributed by atoms with Crippen LogP contribution in [0.25, 0.3) is 11.0 Å². The van der Waals surface area contributed by atoms with Gasteiger partial charge in [0.2, 0.25) is 0 Å². The van der Waals surface area contributed by atoms with Crippen molar-refractivity contribution >= 4 is 22.5 Å². The van der Waals surface area contributed by atoms with Gasteiger partial charge in [-0.1, -0.05) is 6.42 Å². The fraction of sp³-hybridized carbons (Fsp3) is 0.333. The van der Waals surface area contributed by atoms with Crippen molar-refractivity contribution in [3.8, 4) is 0 Å². The van der Waals surface area contributed by atoms with Crippen LogP contribution < -0.4 is 5.32 Å². The van der Waals surface area contributed by atoms with E-state index in [9.17, 15) is 13.2 Å². The number of fused-ring (bicyclic) bond motifs is 1. The number of anilines is 2. The Bertz CT molecular complexity index is 911. The monoisotopic (exact) mass is 361 g/mol. The summed E-state index contributed by atoms with van der Waals surface area (Å²) in [6, 6.07) is 1.81. The second-order valence-corrected chi connectivity index (χ2v) is 6.48. The zero-order chi connectivity index (χ0) is 18.1. The van der Waals surface area contributed by atoms with Crippen LogP contribution in [0.2, 0.25) is 0 Å². The highest BCUT2D eigenvalue weighted by atomic mass is 19.2. The summed E-state index contributed by atoms with van der Waals surface area (Å²) in [7, 11) is 0. The fourth-order valence-corrected chi connectivity index (χ4v) is 3.37. The first kappa shape index (κ1) is 16.8. The summed E-state index contributed by atoms with van der Waals surface area (Å²) in [5.74, 6) is -3.56. The minimum Gasteiger partial charge on any atom is -0.346 e. The molecule has 5 nitrogen and oxygen atoms in total. The van der Waals surface area contributed by atoms with Crippen molar-refractivity contribution in [2.45, 2.75) is 25.8 Å². The number of rotatable bonds is 4. The van der Waals surface area contributed by atoms with E-state index in [0.29, 0.717) is 11.5 Å². The van der Waals surface area contributed by atoms with E-state index in [4.69, 9.17) is 0 Å². The molecule has 4 rings (SSSR count). The molecule has 0 atom stereocenters. The van der Waals surface area contributed by atoms with Crippen molar-refractivity contribution in [2.24, 2.45) is 0 Å². The van der Waals surface area contributed by atoms with Crippen LogP contribution in [0, 0.1) is 17.5 Å². The van der Waals surface area contributed by atoms with Gasteiger partial charge in [0.15, 0.2) is 17.5 Å². The highest BCUT2D eigenvalue weighted by molar-refractivity contribution is 5.92. The number of piperidine rings is 1. The van der Waals surface area contributed by atoms with Gasteiger partial charge >= 0.3 is 0 Å². The van der Waals surface area contributed by atoms with E-state index in [1.165, 1.54) is 25.6 Å². The van der Waals surface area contributed by atoms with E-state index in [-0.39, 0.29) is 5.69 Å². The van der Waals surface area contributed by atoms with Gasteiger partial charge in [0.1, 0.15) is 17.8 Å². The minimum absolute atomic E-state index is 0.0894. The third-order valence-corrected chi connectivity index (χ3v) is 4.64. The van der Waals surface area contributed by atoms with Crippen LogP contribution in [0.1, 0.15) is 24.8 Å². The predicted octanol–water partition coefficient (Wildman–Crippen LogP) is 4.10. The number of nitrogens with zero attached hydrogens (tertiary/aromatic N) is 3. The number of nitrogens with one attached hydrogen (secondary N) is 2. The van der Waals surface area contributed by atoms with Crippen molar-refractivity contribution < 1.29 is 13.2 Å². The third kappa shape index (κ3) is 3.24. The van der Waals surface area contributed by atoms with Gasteiger partial charge in [0.25, 0.3) is 0 Å². The van der Waals surface area contributed by atoms with Gasteiger partial charge in [-0.15, -0.1) is 0 Å². The smallest absolute Gasteiger partial charge is 0.194 e. The lowest BCUT2D eigenvalue weighted by Crippen LogP contribution is -2.29. The van der Waals surface area contributed by atoms with Gasteiger partial charge in [-0.05, 0) is 31.5 Å². The summed E-state index contributed by atoms with van der Waals surface area (Å²) >= 11 is 0. The molecule has 0 radical (unpaired) electrons. The Labute approximate surface area is 148 Å². The van der Waals surface area contributed by atoms with E-state index < -0.39 is 17.5 Å². The number of H-pyrrole nitrogens is 1. The molecule has 136 valence electrons. The molecule has 0 amide bonds. The van der Waals surface area contributed by atoms with Gasteiger partial charge in [0, 0.05) is 30.6 Å². The molecule has 0 unspecified atom stereocenters. The molecule has 1 aromatic carbocycles. The number of benzene rings is 1. The molecule has 1 aliphatic heterocycles. The van der Waals surface area contributed by atoms with E-state index in [0.717, 1.165) is 42.7 Å². The summed E-state index contributed by atoms with van der Waals surface area (Å²) in [4.78, 5) is 13.9. The third-order valence-electron chi connectivity index (χ3n) is 4.64. The first-order valence-corrected chi connectivity index (χ1v) is 8.56. The quantitative estimate of drug-likeness (QED) is 0.687. The SMILES string of the molecule is Fc1cc(Nc2ncnc3[nH]cc(CN4CCCCC4)c23)cc(F)c1F. The first-order chi connectivity index (χ1) is 12.6. The molecule has 2 aromatic heterocycles. The summed E-state index contributed by atoms with van der Waals surface area (Å²) in [5.41, 5.74) is 1.73. The number of likely N-dealkylation sites (tertiary alicyclic amines) is 1. The molecule has 0 bridgehead atoms. The lowest BCUT2D eigenvalue weighted by Gasteiger charge is -2.26. The molecule has 26 heavy (non-hydrogen) atoms. The van der Waals surface area contributed by atoms with Gasteiger partial charge in [-0.3, -0.25) is 4.90 Å². The number of aromatic amines is 1. The zero-order valence-electron chi connectivity index (χ0n) is 14.0. The van der Waals surface area contributed by atoms with Crippen LogP contribution >= 0.6 is 0 Å². The molecule has 0 spiro atoms. The van der Waals surface area contributed by atoms with Gasteiger partial charge < -0.3 is 10.3 Å². The number of halogens is 3. The Hall–Kier alpha value is -2.61. The Morgan fingerprint density at radius 1 is 1.04 bits per heavy atom. The summed E-state index contributed by atoms with van der Waals surface area (Å²) in [6.07, 6.45) is 6.85. The lowest BCUT2D eigenvalue weighted by molar-refractivity contribution is 0.221. The maximum absolute atomic E-state index is 13.5. The molecule has 1 fully saturated rings. The van der Waals surface area contributed by atoms with Crippen LogP contribution in [0.4, 0.5) is 24.7 Å². The highest BCUT2D eigenvalue weighted by Gasteiger charge is 2.17. The number of hydrogen-bond donors (Lipinski definition) is 2. The summed E-state index contributed by atoms with van der Waals surface area (Å²) in [6.45, 7) is 2.82. The van der Waals surface area contributed by atoms with Crippen molar-refractivity contribution in [1.82, 2.24) is 19.9 Å². The largest absolute Gasteiger partial charge is 0.346 e. The summed E-state index contributed by atoms with van der Waals surface area (Å²) < 4.78 is 40.1. The van der Waals surface area contributed by atoms with Crippen LogP contribution in [0.3, 0.4) is 0 Å². The predicted molar refractivity (Wildman–Crippen MR) is 92.6 cm³/mol. The molecule has 8 heteroatoms. The molecule has 1 saturated heterocycles. The highest BCUT2D eigenvalue weighted by Crippen LogP contribution is 2.28. The van der Waals surface area contributed by atoms with Crippen LogP contribution in [-0.4, -0.2) is 32.9 Å². The van der Waals surface area contributed by atoms with E-state index in [2.05, 4.69) is 25.2 Å². The molecule has 0 aliphatic carbocycles. The van der Waals surface area contributed by atoms with Crippen LogP contribution in [0.15, 0.2) is 24.7 Å². The Morgan fingerprint density at radius 2 is 1.77 bits per heavy atom. The Kier molecular flexibility index (Phi) is 4.50. The number of hydrogen-bond acceptors (Lipinski definition) is 4. The van der Waals surface area contributed by atoms with Gasteiger partial charge in [-0.2, -0.15) is 0 Å². The van der Waals surface area contributed by atoms with E-state index >= 15 is 0 Å². The molecular weight excluding hydrogens is 343 g/mol. The lowest BCUT2D eigenvalue weighted by atomic mass is 10.1. The van der Waals surface area contributed by atoms with Crippen molar-refractivity contribution in [3.05, 3.63) is 47.7 Å². The average molecular weight is 361 g/mol. The zero-order valence-corrected chi connectivity index (χ0v) is 14.0. The van der Waals surface area contributed by atoms with Crippen LogP contribution in [-0.2, 0) is 6.54 Å². The average Bonchev–Trinajstić information content (AvgIpc) is 3.04. The second kappa shape index (κ2) is 6.95. The second-order valence-electron chi connectivity index (χ2n) is 6.48. The van der Waals surface area contributed by atoms with Crippen molar-refractivity contribution in [1.29, 1.82) is 0 Å². The number of aromatic nitrogens is 3. The van der Waals surface area contributed by atoms with E-state index in [1.807, 2.05) is 6.20 Å². The maximum atomic E-state index is 13.5. The molecule has 0 saturated carbocycles. The molecule has 1 aliphatic rings. The summed E-state index contributed by atoms with van der Waals surface area (Å²) in [5, 5.41) is 3.65. The first-order valence-electron chi connectivity index (χ1n) is 8.56. The molecule has 3 aromatic rings.